The van der Waals surface area contributed by atoms with Crippen molar-refractivity contribution in [2.45, 2.75) is 0 Å². The highest BCUT2D eigenvalue weighted by molar-refractivity contribution is 9.10. The van der Waals surface area contributed by atoms with Gasteiger partial charge in [0.1, 0.15) is 0 Å². The first-order valence-electron chi connectivity index (χ1n) is 5.86. The standard InChI is InChI=1S/C14H11Br2N3O2/c15-8-5-6-12(10(7-8)13(17)19-21)18-14(20)9-3-1-2-4-11(9)16/h1-7,21H,(H2,17,19)(H,18,20). The second-order valence-electron chi connectivity index (χ2n) is 4.11. The fourth-order valence-electron chi connectivity index (χ4n) is 1.73. The molecular formula is C14H11Br2N3O2. The molecule has 0 bridgehead atoms. The van der Waals surface area contributed by atoms with Gasteiger partial charge in [-0.1, -0.05) is 33.2 Å². The van der Waals surface area contributed by atoms with Crippen LogP contribution in [0.3, 0.4) is 0 Å². The topological polar surface area (TPSA) is 87.7 Å². The monoisotopic (exact) mass is 411 g/mol. The number of halogens is 2. The van der Waals surface area contributed by atoms with Gasteiger partial charge in [-0.3, -0.25) is 4.79 Å². The molecule has 0 aliphatic heterocycles. The van der Waals surface area contributed by atoms with E-state index in [0.717, 1.165) is 4.47 Å². The van der Waals surface area contributed by atoms with E-state index >= 15 is 0 Å². The molecule has 2 aromatic rings. The van der Waals surface area contributed by atoms with Crippen LogP contribution in [0.25, 0.3) is 0 Å². The lowest BCUT2D eigenvalue weighted by Gasteiger charge is -2.11. The molecule has 0 saturated carbocycles. The zero-order valence-electron chi connectivity index (χ0n) is 10.7. The van der Waals surface area contributed by atoms with E-state index in [1.54, 1.807) is 36.4 Å². The Morgan fingerprint density at radius 1 is 1.14 bits per heavy atom. The summed E-state index contributed by atoms with van der Waals surface area (Å²) in [5, 5.41) is 14.5. The SMILES string of the molecule is N/C(=N/O)c1cc(Br)ccc1NC(=O)c1ccccc1Br. The average Bonchev–Trinajstić information content (AvgIpc) is 2.48. The van der Waals surface area contributed by atoms with Crippen LogP contribution in [0.15, 0.2) is 56.6 Å². The number of hydrogen-bond donors (Lipinski definition) is 3. The van der Waals surface area contributed by atoms with Gasteiger partial charge in [-0.05, 0) is 46.3 Å². The van der Waals surface area contributed by atoms with Crippen LogP contribution in [0.4, 0.5) is 5.69 Å². The van der Waals surface area contributed by atoms with Crippen molar-refractivity contribution in [2.24, 2.45) is 10.9 Å². The number of benzene rings is 2. The van der Waals surface area contributed by atoms with Crippen LogP contribution in [0, 0.1) is 0 Å². The van der Waals surface area contributed by atoms with Gasteiger partial charge in [-0.15, -0.1) is 0 Å². The van der Waals surface area contributed by atoms with Crippen LogP contribution in [0.1, 0.15) is 15.9 Å². The van der Waals surface area contributed by atoms with Gasteiger partial charge in [0, 0.05) is 14.5 Å². The van der Waals surface area contributed by atoms with Gasteiger partial charge in [0.2, 0.25) is 0 Å². The highest BCUT2D eigenvalue weighted by Gasteiger charge is 2.14. The molecule has 7 heteroatoms. The zero-order valence-corrected chi connectivity index (χ0v) is 13.8. The van der Waals surface area contributed by atoms with Crippen molar-refractivity contribution in [1.82, 2.24) is 0 Å². The van der Waals surface area contributed by atoms with Gasteiger partial charge in [0.05, 0.1) is 11.3 Å². The maximum absolute atomic E-state index is 12.3. The third-order valence-electron chi connectivity index (χ3n) is 2.73. The van der Waals surface area contributed by atoms with Crippen molar-refractivity contribution in [3.63, 3.8) is 0 Å². The van der Waals surface area contributed by atoms with Crippen molar-refractivity contribution in [3.8, 4) is 0 Å². The number of nitrogens with zero attached hydrogens (tertiary/aromatic N) is 1. The molecule has 21 heavy (non-hydrogen) atoms. The summed E-state index contributed by atoms with van der Waals surface area (Å²) in [5.41, 5.74) is 6.99. The molecule has 2 aromatic carbocycles. The summed E-state index contributed by atoms with van der Waals surface area (Å²) >= 11 is 6.63. The van der Waals surface area contributed by atoms with E-state index in [4.69, 9.17) is 10.9 Å². The van der Waals surface area contributed by atoms with Gasteiger partial charge in [0.15, 0.2) is 5.84 Å². The molecule has 0 atom stereocenters. The lowest BCUT2D eigenvalue weighted by atomic mass is 10.1. The normalized spacial score (nSPS) is 11.2. The molecule has 108 valence electrons. The second-order valence-corrected chi connectivity index (χ2v) is 5.88. The molecule has 0 aromatic heterocycles. The Kier molecular flexibility index (Phi) is 4.98. The van der Waals surface area contributed by atoms with Crippen LogP contribution in [-0.4, -0.2) is 17.0 Å². The predicted molar refractivity (Wildman–Crippen MR) is 88.7 cm³/mol. The lowest BCUT2D eigenvalue weighted by Crippen LogP contribution is -2.19. The van der Waals surface area contributed by atoms with Crippen LogP contribution in [0.2, 0.25) is 0 Å². The van der Waals surface area contributed by atoms with E-state index in [1.807, 2.05) is 6.07 Å². The Hall–Kier alpha value is -1.86. The molecule has 0 aliphatic carbocycles. The van der Waals surface area contributed by atoms with Crippen LogP contribution in [-0.2, 0) is 0 Å². The van der Waals surface area contributed by atoms with Crippen LogP contribution >= 0.6 is 31.9 Å². The number of nitrogens with one attached hydrogen (secondary N) is 1. The molecule has 0 fully saturated rings. The average molecular weight is 413 g/mol. The number of carbonyl (C=O) groups excluding carboxylic acids is 1. The Balaban J connectivity index is 2.36. The van der Waals surface area contributed by atoms with Gasteiger partial charge in [-0.2, -0.15) is 0 Å². The number of anilines is 1. The van der Waals surface area contributed by atoms with Gasteiger partial charge < -0.3 is 16.3 Å². The smallest absolute Gasteiger partial charge is 0.256 e. The minimum Gasteiger partial charge on any atom is -0.409 e. The first kappa shape index (κ1) is 15.5. The lowest BCUT2D eigenvalue weighted by molar-refractivity contribution is 0.102. The van der Waals surface area contributed by atoms with E-state index in [9.17, 15) is 4.79 Å². The van der Waals surface area contributed by atoms with Gasteiger partial charge in [-0.25, -0.2) is 0 Å². The number of hydrogen-bond acceptors (Lipinski definition) is 3. The number of amidine groups is 1. The third kappa shape index (κ3) is 3.62. The Morgan fingerprint density at radius 2 is 1.86 bits per heavy atom. The van der Waals surface area contributed by atoms with Crippen molar-refractivity contribution in [2.75, 3.05) is 5.32 Å². The summed E-state index contributed by atoms with van der Waals surface area (Å²) < 4.78 is 1.44. The Labute approximate surface area is 138 Å². The Morgan fingerprint density at radius 3 is 2.52 bits per heavy atom. The summed E-state index contributed by atoms with van der Waals surface area (Å²) in [6.07, 6.45) is 0. The molecule has 0 saturated heterocycles. The number of oxime groups is 1. The highest BCUT2D eigenvalue weighted by Crippen LogP contribution is 2.23. The summed E-state index contributed by atoms with van der Waals surface area (Å²) in [7, 11) is 0. The molecule has 1 amide bonds. The molecule has 0 unspecified atom stereocenters. The van der Waals surface area contributed by atoms with Gasteiger partial charge in [0.25, 0.3) is 5.91 Å². The van der Waals surface area contributed by atoms with Crippen LogP contribution < -0.4 is 11.1 Å². The van der Waals surface area contributed by atoms with E-state index in [1.165, 1.54) is 0 Å². The fourth-order valence-corrected chi connectivity index (χ4v) is 2.55. The molecule has 0 radical (unpaired) electrons. The number of nitrogens with two attached hydrogens (primary N) is 1. The first-order valence-corrected chi connectivity index (χ1v) is 7.45. The zero-order chi connectivity index (χ0) is 15.4. The highest BCUT2D eigenvalue weighted by atomic mass is 79.9. The van der Waals surface area contributed by atoms with E-state index in [0.29, 0.717) is 21.3 Å². The largest absolute Gasteiger partial charge is 0.409 e. The second kappa shape index (κ2) is 6.73. The maximum atomic E-state index is 12.3. The number of amides is 1. The molecule has 4 N–H and O–H groups in total. The van der Waals surface area contributed by atoms with E-state index in [-0.39, 0.29) is 11.7 Å². The summed E-state index contributed by atoms with van der Waals surface area (Å²) in [5.74, 6) is -0.379. The van der Waals surface area contributed by atoms with Crippen molar-refractivity contribution < 1.29 is 10.0 Å². The van der Waals surface area contributed by atoms with Gasteiger partial charge >= 0.3 is 0 Å². The summed E-state index contributed by atoms with van der Waals surface area (Å²) in [6, 6.07) is 12.1. The third-order valence-corrected chi connectivity index (χ3v) is 3.92. The molecule has 0 aliphatic rings. The van der Waals surface area contributed by atoms with Crippen molar-refractivity contribution in [3.05, 3.63) is 62.5 Å². The number of carbonyl (C=O) groups is 1. The molecule has 5 nitrogen and oxygen atoms in total. The minimum atomic E-state index is -0.295. The summed E-state index contributed by atoms with van der Waals surface area (Å²) in [4.78, 5) is 12.3. The van der Waals surface area contributed by atoms with Crippen molar-refractivity contribution in [1.29, 1.82) is 0 Å². The summed E-state index contributed by atoms with van der Waals surface area (Å²) in [6.45, 7) is 0. The first-order chi connectivity index (χ1) is 10.0. The molecule has 0 spiro atoms. The van der Waals surface area contributed by atoms with E-state index < -0.39 is 0 Å². The quantitative estimate of drug-likeness (QED) is 0.311. The molecule has 0 heterocycles. The number of rotatable bonds is 3. The Bertz CT molecular complexity index is 717. The fraction of sp³-hybridized carbons (Fsp3) is 0. The minimum absolute atomic E-state index is 0.0845. The van der Waals surface area contributed by atoms with E-state index in [2.05, 4.69) is 42.3 Å². The van der Waals surface area contributed by atoms with Crippen molar-refractivity contribution >= 4 is 49.3 Å². The molecule has 2 rings (SSSR count). The maximum Gasteiger partial charge on any atom is 0.256 e. The molecular weight excluding hydrogens is 402 g/mol. The van der Waals surface area contributed by atoms with Crippen LogP contribution in [0.5, 0.6) is 0 Å². The predicted octanol–water partition coefficient (Wildman–Crippen LogP) is 3.56.